The lowest BCUT2D eigenvalue weighted by atomic mass is 10.1. The van der Waals surface area contributed by atoms with E-state index in [-0.39, 0.29) is 5.75 Å². The Labute approximate surface area is 128 Å². The molecule has 1 aromatic heterocycles. The predicted octanol–water partition coefficient (Wildman–Crippen LogP) is 4.31. The molecule has 4 nitrogen and oxygen atoms in total. The number of ether oxygens (including phenoxy) is 1. The van der Waals surface area contributed by atoms with Gasteiger partial charge in [-0.1, -0.05) is 17.7 Å². The van der Waals surface area contributed by atoms with Gasteiger partial charge < -0.3 is 9.04 Å². The van der Waals surface area contributed by atoms with Crippen molar-refractivity contribution in [3.8, 4) is 17.0 Å². The number of rotatable bonds is 4. The van der Waals surface area contributed by atoms with Crippen molar-refractivity contribution in [1.29, 1.82) is 0 Å². The zero-order valence-electron chi connectivity index (χ0n) is 10.6. The van der Waals surface area contributed by atoms with Crippen LogP contribution in [0, 0.1) is 0 Å². The van der Waals surface area contributed by atoms with Crippen molar-refractivity contribution in [1.82, 2.24) is 10.2 Å². The van der Waals surface area contributed by atoms with E-state index in [1.807, 2.05) is 15.8 Å². The monoisotopic (exact) mass is 329 g/mol. The Hall–Kier alpha value is -1.73. The van der Waals surface area contributed by atoms with Crippen molar-refractivity contribution in [2.24, 2.45) is 0 Å². The fourth-order valence-electron chi connectivity index (χ4n) is 2.02. The molecule has 0 fully saturated rings. The number of aromatic nitrogens is 2. The molecule has 3 rings (SSSR count). The third-order valence-corrected chi connectivity index (χ3v) is 4.02. The molecule has 8 heteroatoms. The number of nitrogens with one attached hydrogen (secondary N) is 1. The molecule has 0 saturated carbocycles. The third kappa shape index (κ3) is 2.98. The average molecular weight is 330 g/mol. The second-order valence-corrected chi connectivity index (χ2v) is 5.55. The summed E-state index contributed by atoms with van der Waals surface area (Å²) in [5.74, 6) is 0.0528. The molecule has 0 aliphatic carbocycles. The van der Waals surface area contributed by atoms with E-state index >= 15 is 0 Å². The summed E-state index contributed by atoms with van der Waals surface area (Å²) in [4.78, 5) is 0. The van der Waals surface area contributed by atoms with Crippen LogP contribution in [0.4, 0.5) is 14.5 Å². The number of aromatic amines is 1. The van der Waals surface area contributed by atoms with Crippen LogP contribution >= 0.6 is 23.5 Å². The maximum absolute atomic E-state index is 12.5. The minimum atomic E-state index is -2.90. The van der Waals surface area contributed by atoms with E-state index in [0.29, 0.717) is 22.8 Å². The molecule has 0 spiro atoms. The summed E-state index contributed by atoms with van der Waals surface area (Å²) in [5, 5.41) is 9.20. The fraction of sp³-hybridized carbons (Fsp3) is 0.154. The standard InChI is InChI=1S/C13H10ClF2N3OS/c14-8-2-3-11(20-13(15)16)9(6-8)12-10(7-17-18-12)19-4-1-5-21-19/h1-3,5-7,13H,4H2,(H,17,18). The maximum Gasteiger partial charge on any atom is 0.387 e. The molecule has 2 aromatic rings. The van der Waals surface area contributed by atoms with E-state index in [1.165, 1.54) is 24.1 Å². The van der Waals surface area contributed by atoms with Crippen molar-refractivity contribution in [2.45, 2.75) is 6.61 Å². The van der Waals surface area contributed by atoms with Gasteiger partial charge in [0.05, 0.1) is 17.6 Å². The van der Waals surface area contributed by atoms with Crippen LogP contribution in [0.15, 0.2) is 35.9 Å². The largest absolute Gasteiger partial charge is 0.434 e. The SMILES string of the molecule is FC(F)Oc1ccc(Cl)cc1-c1[nH]ncc1N1CC=CS1. The number of nitrogens with zero attached hydrogens (tertiary/aromatic N) is 2. The number of anilines is 1. The van der Waals surface area contributed by atoms with Crippen molar-refractivity contribution in [3.05, 3.63) is 40.9 Å². The summed E-state index contributed by atoms with van der Waals surface area (Å²) in [6.45, 7) is -2.19. The molecule has 0 atom stereocenters. The van der Waals surface area contributed by atoms with Crippen LogP contribution in [-0.4, -0.2) is 23.4 Å². The molecule has 0 saturated heterocycles. The summed E-state index contributed by atoms with van der Waals surface area (Å²) in [6, 6.07) is 4.50. The highest BCUT2D eigenvalue weighted by Gasteiger charge is 2.20. The third-order valence-electron chi connectivity index (χ3n) is 2.87. The van der Waals surface area contributed by atoms with E-state index in [0.717, 1.165) is 5.69 Å². The summed E-state index contributed by atoms with van der Waals surface area (Å²) < 4.78 is 31.6. The molecular formula is C13H10ClF2N3OS. The van der Waals surface area contributed by atoms with Crippen LogP contribution in [0.3, 0.4) is 0 Å². The van der Waals surface area contributed by atoms with Gasteiger partial charge in [0.25, 0.3) is 0 Å². The molecule has 0 amide bonds. The van der Waals surface area contributed by atoms with E-state index in [4.69, 9.17) is 11.6 Å². The van der Waals surface area contributed by atoms with Crippen molar-refractivity contribution < 1.29 is 13.5 Å². The predicted molar refractivity (Wildman–Crippen MR) is 79.7 cm³/mol. The first kappa shape index (κ1) is 14.2. The first-order chi connectivity index (χ1) is 10.1. The molecule has 1 aliphatic heterocycles. The Bertz CT molecular complexity index is 669. The van der Waals surface area contributed by atoms with Crippen molar-refractivity contribution in [3.63, 3.8) is 0 Å². The second-order valence-electron chi connectivity index (χ2n) is 4.19. The molecule has 2 heterocycles. The molecule has 110 valence electrons. The minimum Gasteiger partial charge on any atom is -0.434 e. The van der Waals surface area contributed by atoms with Gasteiger partial charge >= 0.3 is 6.61 Å². The molecular weight excluding hydrogens is 320 g/mol. The van der Waals surface area contributed by atoms with Crippen LogP contribution < -0.4 is 9.04 Å². The molecule has 21 heavy (non-hydrogen) atoms. The van der Waals surface area contributed by atoms with Crippen LogP contribution in [0.2, 0.25) is 5.02 Å². The van der Waals surface area contributed by atoms with Gasteiger partial charge in [-0.05, 0) is 35.6 Å². The van der Waals surface area contributed by atoms with Gasteiger partial charge in [0, 0.05) is 17.1 Å². The van der Waals surface area contributed by atoms with Gasteiger partial charge in [-0.25, -0.2) is 0 Å². The smallest absolute Gasteiger partial charge is 0.387 e. The first-order valence-electron chi connectivity index (χ1n) is 6.02. The van der Waals surface area contributed by atoms with Crippen molar-refractivity contribution >= 4 is 29.2 Å². The molecule has 1 aliphatic rings. The highest BCUT2D eigenvalue weighted by Crippen LogP contribution is 2.40. The number of hydrogen-bond acceptors (Lipinski definition) is 4. The molecule has 1 aromatic carbocycles. The Morgan fingerprint density at radius 1 is 1.43 bits per heavy atom. The number of hydrogen-bond donors (Lipinski definition) is 1. The molecule has 0 bridgehead atoms. The molecule has 0 radical (unpaired) electrons. The zero-order chi connectivity index (χ0) is 14.8. The van der Waals surface area contributed by atoms with Crippen LogP contribution in [0.5, 0.6) is 5.75 Å². The maximum atomic E-state index is 12.5. The van der Waals surface area contributed by atoms with Gasteiger partial charge in [-0.15, -0.1) is 0 Å². The minimum absolute atomic E-state index is 0.0528. The van der Waals surface area contributed by atoms with Gasteiger partial charge in [0.2, 0.25) is 0 Å². The molecule has 0 unspecified atom stereocenters. The lowest BCUT2D eigenvalue weighted by Gasteiger charge is -2.17. The summed E-state index contributed by atoms with van der Waals surface area (Å²) >= 11 is 7.48. The number of H-pyrrole nitrogens is 1. The Morgan fingerprint density at radius 2 is 2.29 bits per heavy atom. The first-order valence-corrected chi connectivity index (χ1v) is 7.24. The number of alkyl halides is 2. The lowest BCUT2D eigenvalue weighted by molar-refractivity contribution is -0.0494. The van der Waals surface area contributed by atoms with Crippen LogP contribution in [0.25, 0.3) is 11.3 Å². The summed E-state index contributed by atoms with van der Waals surface area (Å²) in [5.41, 5.74) is 1.82. The van der Waals surface area contributed by atoms with Gasteiger partial charge in [0.1, 0.15) is 5.75 Å². The Balaban J connectivity index is 2.03. The quantitative estimate of drug-likeness (QED) is 0.848. The normalized spacial score (nSPS) is 14.2. The second kappa shape index (κ2) is 5.95. The van der Waals surface area contributed by atoms with E-state index < -0.39 is 6.61 Å². The Morgan fingerprint density at radius 3 is 3.00 bits per heavy atom. The molecule has 1 N–H and O–H groups in total. The van der Waals surface area contributed by atoms with Crippen LogP contribution in [0.1, 0.15) is 0 Å². The van der Waals surface area contributed by atoms with Crippen LogP contribution in [-0.2, 0) is 0 Å². The van der Waals surface area contributed by atoms with Gasteiger partial charge in [0.15, 0.2) is 0 Å². The average Bonchev–Trinajstić information content (AvgIpc) is 3.09. The summed E-state index contributed by atoms with van der Waals surface area (Å²) in [7, 11) is 0. The van der Waals surface area contributed by atoms with E-state index in [1.54, 1.807) is 12.3 Å². The highest BCUT2D eigenvalue weighted by molar-refractivity contribution is 8.03. The number of halogens is 3. The zero-order valence-corrected chi connectivity index (χ0v) is 12.2. The highest BCUT2D eigenvalue weighted by atomic mass is 35.5. The topological polar surface area (TPSA) is 41.1 Å². The van der Waals surface area contributed by atoms with Gasteiger partial charge in [-0.2, -0.15) is 13.9 Å². The van der Waals surface area contributed by atoms with E-state index in [2.05, 4.69) is 14.9 Å². The number of benzene rings is 1. The lowest BCUT2D eigenvalue weighted by Crippen LogP contribution is -2.10. The fourth-order valence-corrected chi connectivity index (χ4v) is 2.93. The van der Waals surface area contributed by atoms with E-state index in [9.17, 15) is 8.78 Å². The van der Waals surface area contributed by atoms with Gasteiger partial charge in [-0.3, -0.25) is 5.10 Å². The summed E-state index contributed by atoms with van der Waals surface area (Å²) in [6.07, 6.45) is 3.64. The Kier molecular flexibility index (Phi) is 4.03. The van der Waals surface area contributed by atoms with Crippen molar-refractivity contribution in [2.75, 3.05) is 10.8 Å².